The smallest absolute Gasteiger partial charge is 0.338 e. The van der Waals surface area contributed by atoms with Gasteiger partial charge in [0.15, 0.2) is 6.61 Å². The number of esters is 1. The van der Waals surface area contributed by atoms with Crippen LogP contribution in [-0.2, 0) is 14.3 Å². The highest BCUT2D eigenvalue weighted by molar-refractivity contribution is 5.91. The van der Waals surface area contributed by atoms with Crippen molar-refractivity contribution in [3.8, 4) is 5.75 Å². The summed E-state index contributed by atoms with van der Waals surface area (Å²) in [4.78, 5) is 23.2. The Morgan fingerprint density at radius 1 is 1.35 bits per heavy atom. The maximum absolute atomic E-state index is 11.8. The fourth-order valence-corrected chi connectivity index (χ4v) is 2.10. The van der Waals surface area contributed by atoms with E-state index in [0.29, 0.717) is 24.5 Å². The molecule has 1 saturated heterocycles. The Bertz CT molecular complexity index is 534. The topological polar surface area (TPSA) is 73.9 Å². The third-order valence-electron chi connectivity index (χ3n) is 3.33. The van der Waals surface area contributed by atoms with Gasteiger partial charge in [0.25, 0.3) is 5.91 Å². The highest BCUT2D eigenvalue weighted by Crippen LogP contribution is 2.17. The quantitative estimate of drug-likeness (QED) is 0.583. The van der Waals surface area contributed by atoms with Gasteiger partial charge in [-0.2, -0.15) is 0 Å². The van der Waals surface area contributed by atoms with Crippen molar-refractivity contribution < 1.29 is 23.8 Å². The van der Waals surface area contributed by atoms with Crippen LogP contribution in [0.25, 0.3) is 0 Å². The maximum Gasteiger partial charge on any atom is 0.338 e. The first-order valence-corrected chi connectivity index (χ1v) is 7.58. The van der Waals surface area contributed by atoms with Crippen LogP contribution in [0.4, 0.5) is 0 Å². The average molecular weight is 319 g/mol. The summed E-state index contributed by atoms with van der Waals surface area (Å²) in [6.07, 6.45) is 3.78. The monoisotopic (exact) mass is 319 g/mol. The van der Waals surface area contributed by atoms with Gasteiger partial charge < -0.3 is 19.5 Å². The molecule has 0 aliphatic carbocycles. The Hall–Kier alpha value is -2.34. The van der Waals surface area contributed by atoms with Gasteiger partial charge in [-0.3, -0.25) is 4.79 Å². The Labute approximate surface area is 135 Å². The van der Waals surface area contributed by atoms with E-state index in [0.717, 1.165) is 19.4 Å². The molecule has 1 N–H and O–H groups in total. The van der Waals surface area contributed by atoms with Gasteiger partial charge in [0.2, 0.25) is 0 Å². The van der Waals surface area contributed by atoms with Gasteiger partial charge in [0, 0.05) is 13.2 Å². The molecule has 1 aromatic carbocycles. The number of hydrogen-bond donors (Lipinski definition) is 1. The van der Waals surface area contributed by atoms with Crippen LogP contribution in [0.3, 0.4) is 0 Å². The molecular weight excluding hydrogens is 298 g/mol. The van der Waals surface area contributed by atoms with Gasteiger partial charge in [-0.15, -0.1) is 6.58 Å². The molecule has 0 spiro atoms. The van der Waals surface area contributed by atoms with Gasteiger partial charge in [0.1, 0.15) is 12.4 Å². The third kappa shape index (κ3) is 5.75. The van der Waals surface area contributed by atoms with E-state index in [-0.39, 0.29) is 18.6 Å². The van der Waals surface area contributed by atoms with E-state index < -0.39 is 5.97 Å². The number of nitrogens with one attached hydrogen (secondary N) is 1. The molecule has 1 unspecified atom stereocenters. The number of ether oxygens (including phenoxy) is 3. The molecule has 0 bridgehead atoms. The SMILES string of the molecule is C=CCNC(=O)COC(=O)c1ccc(OCC2CCCO2)cc1. The van der Waals surface area contributed by atoms with Crippen molar-refractivity contribution >= 4 is 11.9 Å². The highest BCUT2D eigenvalue weighted by Gasteiger charge is 2.16. The van der Waals surface area contributed by atoms with Crippen LogP contribution in [0, 0.1) is 0 Å². The zero-order chi connectivity index (χ0) is 16.5. The summed E-state index contributed by atoms with van der Waals surface area (Å²) < 4.78 is 16.0. The molecule has 1 fully saturated rings. The average Bonchev–Trinajstić information content (AvgIpc) is 3.10. The number of amides is 1. The van der Waals surface area contributed by atoms with Crippen molar-refractivity contribution in [3.63, 3.8) is 0 Å². The summed E-state index contributed by atoms with van der Waals surface area (Å²) in [6.45, 7) is 4.80. The van der Waals surface area contributed by atoms with Crippen LogP contribution < -0.4 is 10.1 Å². The van der Waals surface area contributed by atoms with Crippen molar-refractivity contribution in [1.82, 2.24) is 5.32 Å². The molecular formula is C17H21NO5. The molecule has 6 heteroatoms. The summed E-state index contributed by atoms with van der Waals surface area (Å²) in [7, 11) is 0. The Morgan fingerprint density at radius 2 is 2.13 bits per heavy atom. The normalized spacial score (nSPS) is 16.6. The van der Waals surface area contributed by atoms with Gasteiger partial charge in [-0.25, -0.2) is 4.79 Å². The van der Waals surface area contributed by atoms with Crippen LogP contribution >= 0.6 is 0 Å². The number of benzene rings is 1. The van der Waals surface area contributed by atoms with E-state index in [1.807, 2.05) is 0 Å². The van der Waals surface area contributed by atoms with E-state index in [9.17, 15) is 9.59 Å². The summed E-state index contributed by atoms with van der Waals surface area (Å²) in [6, 6.07) is 6.61. The van der Waals surface area contributed by atoms with Crippen molar-refractivity contribution in [2.75, 3.05) is 26.4 Å². The molecule has 124 valence electrons. The van der Waals surface area contributed by atoms with Gasteiger partial charge in [-0.1, -0.05) is 6.08 Å². The first-order chi connectivity index (χ1) is 11.2. The molecule has 0 saturated carbocycles. The van der Waals surface area contributed by atoms with E-state index in [1.165, 1.54) is 0 Å². The minimum Gasteiger partial charge on any atom is -0.491 e. The molecule has 1 amide bonds. The Morgan fingerprint density at radius 3 is 2.78 bits per heavy atom. The fourth-order valence-electron chi connectivity index (χ4n) is 2.10. The minimum atomic E-state index is -0.551. The van der Waals surface area contributed by atoms with Crippen molar-refractivity contribution in [1.29, 1.82) is 0 Å². The molecule has 1 aliphatic rings. The minimum absolute atomic E-state index is 0.147. The zero-order valence-electron chi connectivity index (χ0n) is 13.0. The molecule has 1 atom stereocenters. The van der Waals surface area contributed by atoms with Crippen LogP contribution in [0.15, 0.2) is 36.9 Å². The first-order valence-electron chi connectivity index (χ1n) is 7.58. The van der Waals surface area contributed by atoms with Crippen molar-refractivity contribution in [3.05, 3.63) is 42.5 Å². The summed E-state index contributed by atoms with van der Waals surface area (Å²) >= 11 is 0. The van der Waals surface area contributed by atoms with Crippen molar-refractivity contribution in [2.24, 2.45) is 0 Å². The predicted molar refractivity (Wildman–Crippen MR) is 84.4 cm³/mol. The molecule has 23 heavy (non-hydrogen) atoms. The molecule has 0 aromatic heterocycles. The summed E-state index contributed by atoms with van der Waals surface area (Å²) in [5.41, 5.74) is 0.367. The zero-order valence-corrected chi connectivity index (χ0v) is 13.0. The van der Waals surface area contributed by atoms with Crippen molar-refractivity contribution in [2.45, 2.75) is 18.9 Å². The van der Waals surface area contributed by atoms with Gasteiger partial charge in [-0.05, 0) is 37.1 Å². The van der Waals surface area contributed by atoms with Gasteiger partial charge in [0.05, 0.1) is 11.7 Å². The number of rotatable bonds is 8. The molecule has 6 nitrogen and oxygen atoms in total. The largest absolute Gasteiger partial charge is 0.491 e. The number of carbonyl (C=O) groups excluding carboxylic acids is 2. The maximum atomic E-state index is 11.8. The van der Waals surface area contributed by atoms with Crippen LogP contribution in [-0.4, -0.2) is 44.3 Å². The predicted octanol–water partition coefficient (Wildman–Crippen LogP) is 1.70. The van der Waals surface area contributed by atoms with E-state index in [4.69, 9.17) is 14.2 Å². The molecule has 0 radical (unpaired) electrons. The van der Waals surface area contributed by atoms with Crippen LogP contribution in [0.5, 0.6) is 5.75 Å². The Kier molecular flexibility index (Phi) is 6.62. The van der Waals surface area contributed by atoms with E-state index in [2.05, 4.69) is 11.9 Å². The van der Waals surface area contributed by atoms with Crippen LogP contribution in [0.2, 0.25) is 0 Å². The van der Waals surface area contributed by atoms with E-state index >= 15 is 0 Å². The van der Waals surface area contributed by atoms with Crippen LogP contribution in [0.1, 0.15) is 23.2 Å². The highest BCUT2D eigenvalue weighted by atomic mass is 16.5. The number of hydrogen-bond acceptors (Lipinski definition) is 5. The second-order valence-corrected chi connectivity index (χ2v) is 5.14. The lowest BCUT2D eigenvalue weighted by Gasteiger charge is -2.11. The summed E-state index contributed by atoms with van der Waals surface area (Å²) in [5, 5.41) is 2.53. The molecule has 1 aliphatic heterocycles. The van der Waals surface area contributed by atoms with Gasteiger partial charge >= 0.3 is 5.97 Å². The molecule has 1 heterocycles. The standard InChI is InChI=1S/C17H21NO5/c1-2-9-18-16(19)12-23-17(20)13-5-7-14(8-6-13)22-11-15-4-3-10-21-15/h2,5-8,15H,1,3-4,9-12H2,(H,18,19). The lowest BCUT2D eigenvalue weighted by molar-refractivity contribution is -0.124. The molecule has 2 rings (SSSR count). The fraction of sp³-hybridized carbons (Fsp3) is 0.412. The second kappa shape index (κ2) is 8.95. The number of carbonyl (C=O) groups is 2. The molecule has 1 aromatic rings. The Balaban J connectivity index is 1.75. The summed E-state index contributed by atoms with van der Waals surface area (Å²) in [5.74, 6) is -0.250. The lowest BCUT2D eigenvalue weighted by atomic mass is 10.2. The van der Waals surface area contributed by atoms with E-state index in [1.54, 1.807) is 30.3 Å². The lowest BCUT2D eigenvalue weighted by Crippen LogP contribution is -2.28. The third-order valence-corrected chi connectivity index (χ3v) is 3.33. The first kappa shape index (κ1) is 17.0. The second-order valence-electron chi connectivity index (χ2n) is 5.14.